The van der Waals surface area contributed by atoms with E-state index in [0.717, 1.165) is 44.5 Å². The van der Waals surface area contributed by atoms with Crippen LogP contribution in [0.25, 0.3) is 10.9 Å². The Hall–Kier alpha value is -7.45. The molecule has 14 nitrogen and oxygen atoms in total. The van der Waals surface area contributed by atoms with Crippen LogP contribution in [0, 0.1) is 5.92 Å². The Morgan fingerprint density at radius 2 is 1.40 bits per heavy atom. The SMILES string of the molecule is COc1ccc(CCC[C@@H](CC(=O)NO)C(=O)N[C@H](Cc2c[nH]c3ccccc23)C(=O)NCCc2ccc(NC(=O)Cc3ccccc3)c(NC(=O)OCc3ccccc3)c2)cc1. The number of carbonyl (C=O) groups is 5. The van der Waals surface area contributed by atoms with Crippen LogP contribution in [-0.4, -0.2) is 59.6 Å². The summed E-state index contributed by atoms with van der Waals surface area (Å²) in [6.07, 6.45) is 2.97. The topological polar surface area (TPSA) is 200 Å². The number of anilines is 2. The number of ether oxygens (including phenoxy) is 2. The molecule has 0 unspecified atom stereocenters. The number of H-pyrrole nitrogens is 1. The normalized spacial score (nSPS) is 11.8. The Morgan fingerprint density at radius 3 is 2.13 bits per heavy atom. The van der Waals surface area contributed by atoms with Gasteiger partial charge in [0.25, 0.3) is 0 Å². The van der Waals surface area contributed by atoms with Gasteiger partial charge in [0, 0.05) is 42.4 Å². The van der Waals surface area contributed by atoms with Crippen LogP contribution in [0.3, 0.4) is 0 Å². The summed E-state index contributed by atoms with van der Waals surface area (Å²) >= 11 is 0. The van der Waals surface area contributed by atoms with Gasteiger partial charge in [-0.2, -0.15) is 0 Å². The molecular weight excluding hydrogens is 801 g/mol. The van der Waals surface area contributed by atoms with Crippen molar-refractivity contribution in [3.63, 3.8) is 0 Å². The predicted molar refractivity (Wildman–Crippen MR) is 240 cm³/mol. The molecule has 0 saturated heterocycles. The molecule has 0 saturated carbocycles. The zero-order valence-corrected chi connectivity index (χ0v) is 35.0. The van der Waals surface area contributed by atoms with Crippen LogP contribution in [0.15, 0.2) is 134 Å². The van der Waals surface area contributed by atoms with Gasteiger partial charge in [0.1, 0.15) is 18.4 Å². The summed E-state index contributed by atoms with van der Waals surface area (Å²) in [4.78, 5) is 69.6. The van der Waals surface area contributed by atoms with Gasteiger partial charge in [0.15, 0.2) is 0 Å². The second-order valence-corrected chi connectivity index (χ2v) is 15.1. The first-order valence-corrected chi connectivity index (χ1v) is 20.8. The van der Waals surface area contributed by atoms with Crippen LogP contribution < -0.4 is 31.5 Å². The fourth-order valence-electron chi connectivity index (χ4n) is 7.22. The maximum absolute atomic E-state index is 14.0. The fraction of sp³-hybridized carbons (Fsp3) is 0.245. The van der Waals surface area contributed by atoms with E-state index in [9.17, 15) is 29.2 Å². The van der Waals surface area contributed by atoms with E-state index >= 15 is 0 Å². The summed E-state index contributed by atoms with van der Waals surface area (Å²) in [6.45, 7) is 0.207. The average molecular weight is 853 g/mol. The number of hydrogen-bond donors (Lipinski definition) is 7. The van der Waals surface area contributed by atoms with E-state index in [2.05, 4.69) is 26.3 Å². The lowest BCUT2D eigenvalue weighted by atomic mass is 9.94. The summed E-state index contributed by atoms with van der Waals surface area (Å²) < 4.78 is 10.7. The molecule has 0 bridgehead atoms. The summed E-state index contributed by atoms with van der Waals surface area (Å²) in [6, 6.07) is 37.9. The Kier molecular flexibility index (Phi) is 16.4. The minimum Gasteiger partial charge on any atom is -0.497 e. The van der Waals surface area contributed by atoms with Crippen LogP contribution in [-0.2, 0) is 56.2 Å². The number of para-hydroxylation sites is 1. The van der Waals surface area contributed by atoms with E-state index in [1.54, 1.807) is 30.8 Å². The minimum absolute atomic E-state index is 0.0451. The molecule has 0 aliphatic heterocycles. The molecule has 0 aliphatic rings. The number of rotatable bonds is 21. The maximum Gasteiger partial charge on any atom is 0.412 e. The molecule has 2 atom stereocenters. The second kappa shape index (κ2) is 23.0. The van der Waals surface area contributed by atoms with E-state index in [1.807, 2.05) is 115 Å². The number of benzene rings is 5. The van der Waals surface area contributed by atoms with Crippen LogP contribution in [0.1, 0.15) is 47.1 Å². The number of fused-ring (bicyclic) bond motifs is 1. The molecule has 7 N–H and O–H groups in total. The van der Waals surface area contributed by atoms with Gasteiger partial charge in [-0.1, -0.05) is 97.1 Å². The van der Waals surface area contributed by atoms with Crippen LogP contribution >= 0.6 is 0 Å². The van der Waals surface area contributed by atoms with E-state index in [-0.39, 0.29) is 38.3 Å². The number of nitrogens with one attached hydrogen (secondary N) is 6. The third-order valence-electron chi connectivity index (χ3n) is 10.6. The first kappa shape index (κ1) is 45.1. The molecule has 5 amide bonds. The van der Waals surface area contributed by atoms with Crippen molar-refractivity contribution >= 4 is 52.0 Å². The van der Waals surface area contributed by atoms with Gasteiger partial charge >= 0.3 is 6.09 Å². The van der Waals surface area contributed by atoms with Crippen LogP contribution in [0.4, 0.5) is 16.2 Å². The van der Waals surface area contributed by atoms with Gasteiger partial charge in [0.05, 0.1) is 24.9 Å². The van der Waals surface area contributed by atoms with Gasteiger partial charge in [-0.15, -0.1) is 0 Å². The highest BCUT2D eigenvalue weighted by Gasteiger charge is 2.28. The van der Waals surface area contributed by atoms with Crippen molar-refractivity contribution in [2.75, 3.05) is 24.3 Å². The van der Waals surface area contributed by atoms with Gasteiger partial charge in [0.2, 0.25) is 23.6 Å². The largest absolute Gasteiger partial charge is 0.497 e. The molecule has 1 heterocycles. The monoisotopic (exact) mass is 852 g/mol. The van der Waals surface area contributed by atoms with Crippen molar-refractivity contribution < 1.29 is 38.7 Å². The van der Waals surface area contributed by atoms with E-state index in [4.69, 9.17) is 9.47 Å². The molecular formula is C49H52N6O8. The lowest BCUT2D eigenvalue weighted by Crippen LogP contribution is -2.50. The molecule has 0 radical (unpaired) electrons. The average Bonchev–Trinajstić information content (AvgIpc) is 3.71. The second-order valence-electron chi connectivity index (χ2n) is 15.1. The van der Waals surface area contributed by atoms with Gasteiger partial charge in [-0.05, 0) is 83.8 Å². The van der Waals surface area contributed by atoms with Crippen molar-refractivity contribution in [3.05, 3.63) is 161 Å². The number of aromatic amines is 1. The Morgan fingerprint density at radius 1 is 0.698 bits per heavy atom. The third-order valence-corrected chi connectivity index (χ3v) is 10.6. The van der Waals surface area contributed by atoms with Gasteiger partial charge in [-0.25, -0.2) is 10.3 Å². The fourth-order valence-corrected chi connectivity index (χ4v) is 7.22. The highest BCUT2D eigenvalue weighted by molar-refractivity contribution is 5.99. The van der Waals surface area contributed by atoms with E-state index < -0.39 is 35.8 Å². The zero-order chi connectivity index (χ0) is 44.4. The number of aryl methyl sites for hydroxylation is 1. The number of hydroxylamine groups is 1. The molecule has 0 fully saturated rings. The lowest BCUT2D eigenvalue weighted by molar-refractivity contribution is -0.136. The highest BCUT2D eigenvalue weighted by atomic mass is 16.5. The van der Waals surface area contributed by atoms with Crippen LogP contribution in [0.2, 0.25) is 0 Å². The Balaban J connectivity index is 1.14. The van der Waals surface area contributed by atoms with Crippen LogP contribution in [0.5, 0.6) is 5.75 Å². The Bertz CT molecular complexity index is 2460. The summed E-state index contributed by atoms with van der Waals surface area (Å²) in [5, 5.41) is 21.8. The minimum atomic E-state index is -1.02. The summed E-state index contributed by atoms with van der Waals surface area (Å²) in [5.74, 6) is -2.02. The van der Waals surface area contributed by atoms with Crippen molar-refractivity contribution in [1.82, 2.24) is 21.1 Å². The van der Waals surface area contributed by atoms with Gasteiger partial charge < -0.3 is 30.4 Å². The first-order valence-electron chi connectivity index (χ1n) is 20.8. The number of hydrogen-bond acceptors (Lipinski definition) is 8. The number of carbonyl (C=O) groups excluding carboxylic acids is 5. The Labute approximate surface area is 365 Å². The smallest absolute Gasteiger partial charge is 0.412 e. The van der Waals surface area contributed by atoms with Crippen molar-refractivity contribution in [2.45, 2.75) is 57.6 Å². The molecule has 326 valence electrons. The predicted octanol–water partition coefficient (Wildman–Crippen LogP) is 7.03. The molecule has 6 rings (SSSR count). The number of amides is 5. The van der Waals surface area contributed by atoms with E-state index in [0.29, 0.717) is 37.1 Å². The molecule has 0 spiro atoms. The molecule has 14 heteroatoms. The van der Waals surface area contributed by atoms with Crippen molar-refractivity contribution in [3.8, 4) is 5.75 Å². The van der Waals surface area contributed by atoms with Crippen molar-refractivity contribution in [1.29, 1.82) is 0 Å². The standard InChI is InChI=1S/C49H52N6O8/c1-62-39-22-19-33(20-23-39)15-10-16-37(30-46(57)55-61)47(58)53-44(29-38-31-51-41-18-9-8-17-40(38)41)48(59)50-26-25-35-21-24-42(52-45(56)28-34-11-4-2-5-12-34)43(27-35)54-49(60)63-32-36-13-6-3-7-14-36/h2-9,11-14,17-24,27,31,37,44,51,61H,10,15-16,25-26,28-30,32H2,1H3,(H,50,59)(H,52,56)(H,53,58)(H,54,60)(H,55,57)/t37-,44+/m0/s1. The quantitative estimate of drug-likeness (QED) is 0.0296. The maximum atomic E-state index is 14.0. The van der Waals surface area contributed by atoms with Gasteiger partial charge in [-0.3, -0.25) is 29.7 Å². The summed E-state index contributed by atoms with van der Waals surface area (Å²) in [5.41, 5.74) is 7.41. The first-order chi connectivity index (χ1) is 30.7. The number of methoxy groups -OCH3 is 1. The zero-order valence-electron chi connectivity index (χ0n) is 35.0. The molecule has 0 aliphatic carbocycles. The molecule has 1 aromatic heterocycles. The van der Waals surface area contributed by atoms with Crippen molar-refractivity contribution in [2.24, 2.45) is 5.92 Å². The molecule has 6 aromatic rings. The summed E-state index contributed by atoms with van der Waals surface area (Å²) in [7, 11) is 1.59. The number of aromatic nitrogens is 1. The lowest BCUT2D eigenvalue weighted by Gasteiger charge is -2.22. The highest BCUT2D eigenvalue weighted by Crippen LogP contribution is 2.25. The van der Waals surface area contributed by atoms with E-state index in [1.165, 1.54) is 0 Å². The third kappa shape index (κ3) is 13.8. The molecule has 5 aromatic carbocycles. The molecule has 63 heavy (non-hydrogen) atoms.